The van der Waals surface area contributed by atoms with Gasteiger partial charge in [0.25, 0.3) is 0 Å². The van der Waals surface area contributed by atoms with E-state index in [-0.39, 0.29) is 43.5 Å². The van der Waals surface area contributed by atoms with E-state index in [4.69, 9.17) is 4.74 Å². The summed E-state index contributed by atoms with van der Waals surface area (Å²) in [7, 11) is 0. The van der Waals surface area contributed by atoms with Crippen LogP contribution in [0.2, 0.25) is 0 Å². The largest absolute Gasteiger partial charge is 0.463 e. The number of amides is 2. The molecule has 0 bridgehead atoms. The number of carbonyl (C=O) groups is 3. The summed E-state index contributed by atoms with van der Waals surface area (Å²) >= 11 is 0. The van der Waals surface area contributed by atoms with Crippen LogP contribution in [0.4, 0.5) is 0 Å². The van der Waals surface area contributed by atoms with Gasteiger partial charge in [-0.25, -0.2) is 0 Å². The van der Waals surface area contributed by atoms with E-state index in [2.05, 4.69) is 5.32 Å². The Morgan fingerprint density at radius 3 is 2.73 bits per heavy atom. The zero-order chi connectivity index (χ0) is 21.4. The van der Waals surface area contributed by atoms with Crippen LogP contribution in [-0.4, -0.2) is 59.1 Å². The second kappa shape index (κ2) is 10.9. The molecular formula is C23H36N2O5. The topological polar surface area (TPSA) is 95.9 Å². The van der Waals surface area contributed by atoms with Crippen molar-refractivity contribution in [1.82, 2.24) is 10.2 Å². The Kier molecular flexibility index (Phi) is 8.31. The predicted molar refractivity (Wildman–Crippen MR) is 112 cm³/mol. The first-order chi connectivity index (χ1) is 14.5. The van der Waals surface area contributed by atoms with Crippen molar-refractivity contribution in [1.29, 1.82) is 0 Å². The van der Waals surface area contributed by atoms with Crippen molar-refractivity contribution in [3.63, 3.8) is 0 Å². The molecule has 1 spiro atoms. The molecule has 7 nitrogen and oxygen atoms in total. The van der Waals surface area contributed by atoms with Crippen LogP contribution in [-0.2, 0) is 19.1 Å². The van der Waals surface area contributed by atoms with Crippen LogP contribution in [0.3, 0.4) is 0 Å². The van der Waals surface area contributed by atoms with Crippen LogP contribution < -0.4 is 5.32 Å². The van der Waals surface area contributed by atoms with E-state index >= 15 is 0 Å². The van der Waals surface area contributed by atoms with E-state index in [1.165, 1.54) is 0 Å². The maximum Gasteiger partial charge on any atom is 0.305 e. The number of likely N-dealkylation sites (tertiary alicyclic amines) is 1. The number of aliphatic hydroxyl groups excluding tert-OH is 1. The van der Waals surface area contributed by atoms with Gasteiger partial charge in [-0.1, -0.05) is 25.0 Å². The summed E-state index contributed by atoms with van der Waals surface area (Å²) in [4.78, 5) is 39.9. The molecule has 0 radical (unpaired) electrons. The molecule has 2 atom stereocenters. The number of ether oxygens (including phenoxy) is 1. The van der Waals surface area contributed by atoms with Gasteiger partial charge in [-0.3, -0.25) is 14.4 Å². The molecule has 168 valence electrons. The molecule has 3 aliphatic rings. The Hall–Kier alpha value is -1.89. The molecular weight excluding hydrogens is 384 g/mol. The Labute approximate surface area is 179 Å². The quantitative estimate of drug-likeness (QED) is 0.540. The standard InChI is InChI=1S/C23H36N2O5/c26-16-19-10-8-14-25(19)20(27)15-18-9-4-2-1-3-5-11-21(28)30-17-23(24-22(18)29)12-6-7-13-23/h2,4,18-19,26H,1,3,5-17H2,(H,24,29). The minimum Gasteiger partial charge on any atom is -0.463 e. The van der Waals surface area contributed by atoms with E-state index in [1.54, 1.807) is 4.90 Å². The minimum atomic E-state index is -0.511. The molecule has 2 fully saturated rings. The fourth-order valence-electron chi connectivity index (χ4n) is 4.89. The highest BCUT2D eigenvalue weighted by molar-refractivity contribution is 5.86. The van der Waals surface area contributed by atoms with Gasteiger partial charge in [0, 0.05) is 19.4 Å². The Bertz CT molecular complexity index is 642. The van der Waals surface area contributed by atoms with E-state index < -0.39 is 11.5 Å². The van der Waals surface area contributed by atoms with Gasteiger partial charge in [0.15, 0.2) is 0 Å². The van der Waals surface area contributed by atoms with E-state index in [9.17, 15) is 19.5 Å². The first-order valence-electron chi connectivity index (χ1n) is 11.6. The van der Waals surface area contributed by atoms with E-state index in [1.807, 2.05) is 12.2 Å². The number of allylic oxidation sites excluding steroid dienone is 2. The lowest BCUT2D eigenvalue weighted by atomic mass is 9.93. The van der Waals surface area contributed by atoms with Crippen LogP contribution in [0.25, 0.3) is 0 Å². The number of aliphatic hydroxyl groups is 1. The number of nitrogens with zero attached hydrogens (tertiary/aromatic N) is 1. The fourth-order valence-corrected chi connectivity index (χ4v) is 4.89. The van der Waals surface area contributed by atoms with Crippen LogP contribution in [0, 0.1) is 5.92 Å². The first-order valence-corrected chi connectivity index (χ1v) is 11.6. The van der Waals surface area contributed by atoms with Gasteiger partial charge in [0.2, 0.25) is 11.8 Å². The number of carbonyl (C=O) groups excluding carboxylic acids is 3. The molecule has 0 aromatic heterocycles. The fraction of sp³-hybridized carbons (Fsp3) is 0.783. The summed E-state index contributed by atoms with van der Waals surface area (Å²) in [6.07, 6.45) is 12.9. The van der Waals surface area contributed by atoms with Crippen molar-refractivity contribution in [2.24, 2.45) is 5.92 Å². The SMILES string of the molecule is O=C1CCCCC=CCC(CC(=O)N2CCCC2CO)C(=O)NC2(CCCC2)CO1. The molecule has 0 aromatic rings. The van der Waals surface area contributed by atoms with Crippen molar-refractivity contribution in [3.8, 4) is 0 Å². The van der Waals surface area contributed by atoms with E-state index in [0.717, 1.165) is 57.8 Å². The maximum atomic E-state index is 13.2. The van der Waals surface area contributed by atoms with Crippen LogP contribution in [0.15, 0.2) is 12.2 Å². The molecule has 1 saturated heterocycles. The highest BCUT2D eigenvalue weighted by Crippen LogP contribution is 2.31. The monoisotopic (exact) mass is 420 g/mol. The number of hydrogen-bond donors (Lipinski definition) is 2. The van der Waals surface area contributed by atoms with Crippen LogP contribution >= 0.6 is 0 Å². The summed E-state index contributed by atoms with van der Waals surface area (Å²) in [5.41, 5.74) is -0.511. The summed E-state index contributed by atoms with van der Waals surface area (Å²) in [6, 6.07) is -0.129. The molecule has 2 N–H and O–H groups in total. The second-order valence-corrected chi connectivity index (χ2v) is 9.06. The number of nitrogens with one attached hydrogen (secondary N) is 1. The first kappa shape index (κ1) is 22.8. The molecule has 7 heteroatoms. The third-order valence-electron chi connectivity index (χ3n) is 6.75. The van der Waals surface area contributed by atoms with Gasteiger partial charge in [-0.2, -0.15) is 0 Å². The van der Waals surface area contributed by atoms with Crippen molar-refractivity contribution in [2.75, 3.05) is 19.8 Å². The molecule has 0 aromatic carbocycles. The zero-order valence-electron chi connectivity index (χ0n) is 17.9. The lowest BCUT2D eigenvalue weighted by Gasteiger charge is -2.32. The average molecular weight is 421 g/mol. The van der Waals surface area contributed by atoms with Gasteiger partial charge in [0.1, 0.15) is 6.61 Å². The third-order valence-corrected chi connectivity index (χ3v) is 6.75. The number of hydrogen-bond acceptors (Lipinski definition) is 5. The summed E-state index contributed by atoms with van der Waals surface area (Å²) in [5.74, 6) is -0.854. The molecule has 1 saturated carbocycles. The molecule has 2 amide bonds. The van der Waals surface area contributed by atoms with Gasteiger partial charge < -0.3 is 20.1 Å². The molecule has 30 heavy (non-hydrogen) atoms. The van der Waals surface area contributed by atoms with Crippen molar-refractivity contribution >= 4 is 17.8 Å². The van der Waals surface area contributed by atoms with Gasteiger partial charge in [-0.15, -0.1) is 0 Å². The molecule has 1 aliphatic carbocycles. The van der Waals surface area contributed by atoms with Gasteiger partial charge >= 0.3 is 5.97 Å². The predicted octanol–water partition coefficient (Wildman–Crippen LogP) is 2.47. The molecule has 2 aliphatic heterocycles. The minimum absolute atomic E-state index is 0.0308. The van der Waals surface area contributed by atoms with Gasteiger partial charge in [-0.05, 0) is 51.4 Å². The molecule has 3 rings (SSSR count). The Balaban J connectivity index is 1.72. The maximum absolute atomic E-state index is 13.2. The molecule has 2 unspecified atom stereocenters. The molecule has 2 heterocycles. The lowest BCUT2D eigenvalue weighted by molar-refractivity contribution is -0.147. The van der Waals surface area contributed by atoms with Crippen molar-refractivity contribution in [2.45, 2.75) is 88.6 Å². The van der Waals surface area contributed by atoms with E-state index in [0.29, 0.717) is 19.4 Å². The zero-order valence-corrected chi connectivity index (χ0v) is 17.9. The Morgan fingerprint density at radius 2 is 1.97 bits per heavy atom. The van der Waals surface area contributed by atoms with Crippen molar-refractivity contribution < 1.29 is 24.2 Å². The highest BCUT2D eigenvalue weighted by atomic mass is 16.5. The lowest BCUT2D eigenvalue weighted by Crippen LogP contribution is -2.52. The summed E-state index contributed by atoms with van der Waals surface area (Å²) in [5, 5.41) is 12.7. The van der Waals surface area contributed by atoms with Crippen molar-refractivity contribution in [3.05, 3.63) is 12.2 Å². The summed E-state index contributed by atoms with van der Waals surface area (Å²) < 4.78 is 5.52. The smallest absolute Gasteiger partial charge is 0.305 e. The summed E-state index contributed by atoms with van der Waals surface area (Å²) in [6.45, 7) is 0.831. The van der Waals surface area contributed by atoms with Gasteiger partial charge in [0.05, 0.1) is 24.1 Å². The normalized spacial score (nSPS) is 28.2. The van der Waals surface area contributed by atoms with Crippen LogP contribution in [0.1, 0.15) is 77.0 Å². The van der Waals surface area contributed by atoms with Crippen LogP contribution in [0.5, 0.6) is 0 Å². The number of rotatable bonds is 3. The highest BCUT2D eigenvalue weighted by Gasteiger charge is 2.39. The third kappa shape index (κ3) is 6.06. The average Bonchev–Trinajstić information content (AvgIpc) is 3.39. The Morgan fingerprint density at radius 1 is 1.17 bits per heavy atom. The number of cyclic esters (lactones) is 1. The number of esters is 1. The second-order valence-electron chi connectivity index (χ2n) is 9.06.